The summed E-state index contributed by atoms with van der Waals surface area (Å²) in [5, 5.41) is 13.8. The Kier molecular flexibility index (Phi) is 9.82. The van der Waals surface area contributed by atoms with Gasteiger partial charge in [-0.3, -0.25) is 14.6 Å². The first-order chi connectivity index (χ1) is 21.9. The summed E-state index contributed by atoms with van der Waals surface area (Å²) in [6, 6.07) is 19.4. The molecule has 8 nitrogen and oxygen atoms in total. The van der Waals surface area contributed by atoms with Crippen molar-refractivity contribution in [2.24, 2.45) is 0 Å². The van der Waals surface area contributed by atoms with Gasteiger partial charge in [-0.15, -0.1) is 11.3 Å². The first kappa shape index (κ1) is 31.3. The van der Waals surface area contributed by atoms with Crippen LogP contribution in [0.5, 0.6) is 11.5 Å². The molecule has 3 aromatic carbocycles. The van der Waals surface area contributed by atoms with Crippen molar-refractivity contribution in [3.63, 3.8) is 0 Å². The third kappa shape index (κ3) is 7.40. The van der Waals surface area contributed by atoms with Crippen LogP contribution in [0, 0.1) is 0 Å². The Bertz CT molecular complexity index is 1780. The van der Waals surface area contributed by atoms with Gasteiger partial charge in [0, 0.05) is 36.6 Å². The fourth-order valence-corrected chi connectivity index (χ4v) is 7.54. The van der Waals surface area contributed by atoms with E-state index in [1.807, 2.05) is 18.2 Å². The molecule has 0 spiro atoms. The molecule has 45 heavy (non-hydrogen) atoms. The van der Waals surface area contributed by atoms with Gasteiger partial charge in [0.2, 0.25) is 0 Å². The van der Waals surface area contributed by atoms with Crippen molar-refractivity contribution in [2.45, 2.75) is 13.0 Å². The molecule has 6 rings (SSSR count). The van der Waals surface area contributed by atoms with E-state index in [-0.39, 0.29) is 11.5 Å². The van der Waals surface area contributed by atoms with E-state index in [4.69, 9.17) is 26.4 Å². The summed E-state index contributed by atoms with van der Waals surface area (Å²) < 4.78 is 17.4. The Balaban J connectivity index is 1.06. The number of thioether (sulfide) groups is 1. The number of carboxylic acids is 1. The molecule has 0 bridgehead atoms. The third-order valence-corrected chi connectivity index (χ3v) is 9.99. The minimum atomic E-state index is -0.971. The molecule has 0 radical (unpaired) electrons. The number of carbonyl (C=O) groups is 2. The maximum atomic E-state index is 13.3. The third-order valence-electron chi connectivity index (χ3n) is 7.74. The minimum Gasteiger partial charge on any atom is -0.497 e. The van der Waals surface area contributed by atoms with Gasteiger partial charge in [-0.05, 0) is 82.2 Å². The Morgan fingerprint density at radius 2 is 1.84 bits per heavy atom. The summed E-state index contributed by atoms with van der Waals surface area (Å²) in [7, 11) is 1.67. The number of carbonyl (C=O) groups excluding carboxylic acids is 1. The van der Waals surface area contributed by atoms with Gasteiger partial charge < -0.3 is 19.3 Å². The molecule has 11 heteroatoms. The SMILES string of the molecule is COc1ccc2cc(-c3csc(/C=C4\SC(=S)N(CCCOc5ccc(C(=O)O)cc5CN5CCOCC5)C4=O)c3)ccc2c1. The molecular formula is C34H32N2O6S3. The lowest BCUT2D eigenvalue weighted by atomic mass is 10.0. The molecule has 4 aromatic rings. The number of rotatable bonds is 11. The molecule has 2 aliphatic rings. The van der Waals surface area contributed by atoms with Gasteiger partial charge in [0.15, 0.2) is 0 Å². The normalized spacial score (nSPS) is 16.6. The Hall–Kier alpha value is -3.74. The number of nitrogens with zero attached hydrogens (tertiary/aromatic N) is 2. The number of methoxy groups -OCH3 is 1. The van der Waals surface area contributed by atoms with Crippen LogP contribution >= 0.6 is 35.3 Å². The lowest BCUT2D eigenvalue weighted by molar-refractivity contribution is -0.122. The smallest absolute Gasteiger partial charge is 0.335 e. The van der Waals surface area contributed by atoms with Crippen LogP contribution < -0.4 is 9.47 Å². The number of amides is 1. The monoisotopic (exact) mass is 660 g/mol. The second-order valence-electron chi connectivity index (χ2n) is 10.7. The molecule has 2 fully saturated rings. The van der Waals surface area contributed by atoms with Crippen molar-refractivity contribution in [1.82, 2.24) is 9.80 Å². The first-order valence-electron chi connectivity index (χ1n) is 14.6. The largest absolute Gasteiger partial charge is 0.497 e. The number of thiocarbonyl (C=S) groups is 1. The summed E-state index contributed by atoms with van der Waals surface area (Å²) in [6.45, 7) is 4.26. The predicted octanol–water partition coefficient (Wildman–Crippen LogP) is 6.78. The molecule has 1 N–H and O–H groups in total. The zero-order chi connectivity index (χ0) is 31.3. The fourth-order valence-electron chi connectivity index (χ4n) is 5.31. The second-order valence-corrected chi connectivity index (χ2v) is 13.3. The van der Waals surface area contributed by atoms with Gasteiger partial charge in [0.25, 0.3) is 5.91 Å². The molecule has 1 aromatic heterocycles. The van der Waals surface area contributed by atoms with Crippen molar-refractivity contribution >= 4 is 68.4 Å². The molecule has 0 unspecified atom stereocenters. The van der Waals surface area contributed by atoms with Crippen LogP contribution in [0.25, 0.3) is 28.0 Å². The number of hydrogen-bond donors (Lipinski definition) is 1. The summed E-state index contributed by atoms with van der Waals surface area (Å²) in [5.74, 6) is 0.412. The lowest BCUT2D eigenvalue weighted by Gasteiger charge is -2.27. The van der Waals surface area contributed by atoms with E-state index in [2.05, 4.69) is 40.6 Å². The number of morpholine rings is 1. The van der Waals surface area contributed by atoms with E-state index in [9.17, 15) is 14.7 Å². The zero-order valence-electron chi connectivity index (χ0n) is 24.7. The van der Waals surface area contributed by atoms with Gasteiger partial charge in [0.05, 0.1) is 37.4 Å². The van der Waals surface area contributed by atoms with Crippen LogP contribution in [-0.2, 0) is 16.1 Å². The second kappa shape index (κ2) is 14.1. The molecule has 0 aliphatic carbocycles. The Morgan fingerprint density at radius 3 is 2.64 bits per heavy atom. The van der Waals surface area contributed by atoms with Crippen molar-refractivity contribution in [2.75, 3.05) is 46.6 Å². The first-order valence-corrected chi connectivity index (χ1v) is 16.7. The molecule has 0 atom stereocenters. The van der Waals surface area contributed by atoms with Crippen molar-refractivity contribution in [1.29, 1.82) is 0 Å². The summed E-state index contributed by atoms with van der Waals surface area (Å²) in [4.78, 5) is 30.3. The van der Waals surface area contributed by atoms with Crippen molar-refractivity contribution < 1.29 is 28.9 Å². The van der Waals surface area contributed by atoms with Gasteiger partial charge in [-0.1, -0.05) is 42.2 Å². The number of thiophene rings is 1. The van der Waals surface area contributed by atoms with Gasteiger partial charge in [0.1, 0.15) is 15.8 Å². The molecule has 1 amide bonds. The van der Waals surface area contributed by atoms with Gasteiger partial charge in [-0.2, -0.15) is 0 Å². The maximum Gasteiger partial charge on any atom is 0.335 e. The summed E-state index contributed by atoms with van der Waals surface area (Å²) in [6.07, 6.45) is 2.49. The van der Waals surface area contributed by atoms with Gasteiger partial charge in [-0.25, -0.2) is 4.79 Å². The van der Waals surface area contributed by atoms with E-state index in [1.165, 1.54) is 11.8 Å². The average molecular weight is 661 g/mol. The molecule has 0 saturated carbocycles. The number of hydrogen-bond acceptors (Lipinski definition) is 9. The van der Waals surface area contributed by atoms with Crippen molar-refractivity contribution in [3.8, 4) is 22.6 Å². The van der Waals surface area contributed by atoms with E-state index < -0.39 is 5.97 Å². The average Bonchev–Trinajstić information content (AvgIpc) is 3.63. The molecular weight excluding hydrogens is 629 g/mol. The topological polar surface area (TPSA) is 88.5 Å². The number of benzene rings is 3. The summed E-state index contributed by atoms with van der Waals surface area (Å²) >= 11 is 8.47. The molecule has 2 saturated heterocycles. The number of fused-ring (bicyclic) bond motifs is 1. The highest BCUT2D eigenvalue weighted by molar-refractivity contribution is 8.26. The van der Waals surface area contributed by atoms with Crippen LogP contribution in [0.1, 0.15) is 27.2 Å². The van der Waals surface area contributed by atoms with E-state index >= 15 is 0 Å². The Labute approximate surface area is 275 Å². The standard InChI is InChI=1S/C34H32N2O6S3/c1-40-28-7-5-22-15-23(3-4-24(22)17-28)27-18-29(44-21-27)19-31-32(37)36(34(43)45-31)9-2-12-42-30-8-6-25(33(38)39)16-26(30)20-35-10-13-41-14-11-35/h3-8,15-19,21H,2,9-14,20H2,1H3,(H,38,39)/b31-19-. The maximum absolute atomic E-state index is 13.3. The van der Waals surface area contributed by atoms with E-state index in [1.54, 1.807) is 41.5 Å². The fraction of sp³-hybridized carbons (Fsp3) is 0.265. The quantitative estimate of drug-likeness (QED) is 0.106. The molecule has 232 valence electrons. The van der Waals surface area contributed by atoms with E-state index in [0.29, 0.717) is 54.3 Å². The van der Waals surface area contributed by atoms with Gasteiger partial charge >= 0.3 is 5.97 Å². The van der Waals surface area contributed by atoms with Crippen LogP contribution in [-0.4, -0.2) is 77.7 Å². The highest BCUT2D eigenvalue weighted by Crippen LogP contribution is 2.36. The lowest BCUT2D eigenvalue weighted by Crippen LogP contribution is -2.35. The highest BCUT2D eigenvalue weighted by atomic mass is 32.2. The number of ether oxygens (including phenoxy) is 3. The van der Waals surface area contributed by atoms with Crippen LogP contribution in [0.4, 0.5) is 0 Å². The predicted molar refractivity (Wildman–Crippen MR) is 183 cm³/mol. The molecule has 3 heterocycles. The Morgan fingerprint density at radius 1 is 1.04 bits per heavy atom. The van der Waals surface area contributed by atoms with E-state index in [0.717, 1.165) is 51.2 Å². The van der Waals surface area contributed by atoms with Crippen molar-refractivity contribution in [3.05, 3.63) is 87.0 Å². The highest BCUT2D eigenvalue weighted by Gasteiger charge is 2.31. The van der Waals surface area contributed by atoms with Crippen LogP contribution in [0.15, 0.2) is 70.9 Å². The minimum absolute atomic E-state index is 0.0987. The number of carboxylic acid groups (broad SMARTS) is 1. The van der Waals surface area contributed by atoms with Crippen LogP contribution in [0.3, 0.4) is 0 Å². The number of aromatic carboxylic acids is 1. The zero-order valence-corrected chi connectivity index (χ0v) is 27.1. The van der Waals surface area contributed by atoms with Crippen LogP contribution in [0.2, 0.25) is 0 Å². The molecule has 2 aliphatic heterocycles. The summed E-state index contributed by atoms with van der Waals surface area (Å²) in [5.41, 5.74) is 3.26.